The predicted molar refractivity (Wildman–Crippen MR) is 73.3 cm³/mol. The Balaban J connectivity index is 2.43. The molecule has 0 aliphatic heterocycles. The zero-order valence-electron chi connectivity index (χ0n) is 11.3. The standard InChI is InChI=1S/C15H16F2N2O/c1-9-3-4-10(7-13(9)17)15(19-18)11-5-6-12(16)14(8-11)20-2/h3-8,15,19H,18H2,1-2H3. The molecule has 106 valence electrons. The first-order chi connectivity index (χ1) is 9.56. The highest BCUT2D eigenvalue weighted by molar-refractivity contribution is 5.38. The molecule has 0 spiro atoms. The molecule has 1 atom stereocenters. The fraction of sp³-hybridized carbons (Fsp3) is 0.200. The molecule has 1 unspecified atom stereocenters. The molecule has 0 saturated heterocycles. The molecule has 5 heteroatoms. The molecule has 0 saturated carbocycles. The van der Waals surface area contributed by atoms with E-state index in [4.69, 9.17) is 10.6 Å². The first kappa shape index (κ1) is 14.4. The van der Waals surface area contributed by atoms with Crippen LogP contribution in [0.25, 0.3) is 0 Å². The number of nitrogens with one attached hydrogen (secondary N) is 1. The van der Waals surface area contributed by atoms with E-state index >= 15 is 0 Å². The Morgan fingerprint density at radius 2 is 1.70 bits per heavy atom. The van der Waals surface area contributed by atoms with E-state index in [0.29, 0.717) is 16.7 Å². The van der Waals surface area contributed by atoms with Crippen molar-refractivity contribution in [1.82, 2.24) is 5.43 Å². The van der Waals surface area contributed by atoms with Gasteiger partial charge in [0, 0.05) is 0 Å². The molecule has 2 rings (SSSR count). The van der Waals surface area contributed by atoms with Gasteiger partial charge >= 0.3 is 0 Å². The maximum absolute atomic E-state index is 13.6. The van der Waals surface area contributed by atoms with Crippen molar-refractivity contribution in [3.05, 3.63) is 64.7 Å². The third-order valence-electron chi connectivity index (χ3n) is 3.20. The van der Waals surface area contributed by atoms with Crippen molar-refractivity contribution in [2.75, 3.05) is 7.11 Å². The van der Waals surface area contributed by atoms with Gasteiger partial charge in [-0.2, -0.15) is 0 Å². The number of aryl methyl sites for hydroxylation is 1. The Morgan fingerprint density at radius 1 is 1.05 bits per heavy atom. The van der Waals surface area contributed by atoms with Crippen molar-refractivity contribution in [2.45, 2.75) is 13.0 Å². The minimum Gasteiger partial charge on any atom is -0.494 e. The van der Waals surface area contributed by atoms with Crippen LogP contribution in [0.4, 0.5) is 8.78 Å². The molecule has 0 aromatic heterocycles. The summed E-state index contributed by atoms with van der Waals surface area (Å²) in [6, 6.07) is 8.84. The molecule has 0 bridgehead atoms. The van der Waals surface area contributed by atoms with Gasteiger partial charge in [-0.3, -0.25) is 5.84 Å². The van der Waals surface area contributed by atoms with Gasteiger partial charge in [-0.15, -0.1) is 0 Å². The lowest BCUT2D eigenvalue weighted by Crippen LogP contribution is -2.29. The summed E-state index contributed by atoms with van der Waals surface area (Å²) in [5.74, 6) is 4.90. The van der Waals surface area contributed by atoms with Gasteiger partial charge in [0.1, 0.15) is 5.82 Å². The number of hydrogen-bond acceptors (Lipinski definition) is 3. The first-order valence-corrected chi connectivity index (χ1v) is 6.12. The van der Waals surface area contributed by atoms with Crippen LogP contribution in [-0.2, 0) is 0 Å². The summed E-state index contributed by atoms with van der Waals surface area (Å²) in [6.45, 7) is 1.69. The van der Waals surface area contributed by atoms with Crippen LogP contribution < -0.4 is 16.0 Å². The highest BCUT2D eigenvalue weighted by Crippen LogP contribution is 2.27. The second kappa shape index (κ2) is 5.98. The van der Waals surface area contributed by atoms with Crippen molar-refractivity contribution >= 4 is 0 Å². The molecule has 0 amide bonds. The summed E-state index contributed by atoms with van der Waals surface area (Å²) >= 11 is 0. The fourth-order valence-electron chi connectivity index (χ4n) is 2.03. The van der Waals surface area contributed by atoms with E-state index < -0.39 is 11.9 Å². The maximum Gasteiger partial charge on any atom is 0.165 e. The van der Waals surface area contributed by atoms with E-state index in [2.05, 4.69) is 5.43 Å². The van der Waals surface area contributed by atoms with Crippen LogP contribution in [0.15, 0.2) is 36.4 Å². The van der Waals surface area contributed by atoms with Gasteiger partial charge in [-0.1, -0.05) is 18.2 Å². The molecule has 0 fully saturated rings. The van der Waals surface area contributed by atoms with Gasteiger partial charge in [0.05, 0.1) is 13.2 Å². The molecule has 0 aliphatic rings. The molecule has 0 heterocycles. The number of rotatable bonds is 4. The second-order valence-electron chi connectivity index (χ2n) is 4.50. The minimum absolute atomic E-state index is 0.121. The number of benzene rings is 2. The number of hydrazine groups is 1. The number of ether oxygens (including phenoxy) is 1. The molecule has 2 aromatic carbocycles. The summed E-state index contributed by atoms with van der Waals surface area (Å²) in [5.41, 5.74) is 4.51. The van der Waals surface area contributed by atoms with E-state index in [1.165, 1.54) is 25.3 Å². The second-order valence-corrected chi connectivity index (χ2v) is 4.50. The number of hydrogen-bond donors (Lipinski definition) is 2. The molecule has 2 aromatic rings. The van der Waals surface area contributed by atoms with Crippen LogP contribution in [-0.4, -0.2) is 7.11 Å². The minimum atomic E-state index is -0.456. The van der Waals surface area contributed by atoms with Gasteiger partial charge in [0.25, 0.3) is 0 Å². The number of methoxy groups -OCH3 is 1. The van der Waals surface area contributed by atoms with Crippen molar-refractivity contribution in [1.29, 1.82) is 0 Å². The Bertz CT molecular complexity index is 617. The summed E-state index contributed by atoms with van der Waals surface area (Å²) in [7, 11) is 1.39. The first-order valence-electron chi connectivity index (χ1n) is 6.12. The lowest BCUT2D eigenvalue weighted by Gasteiger charge is -2.18. The van der Waals surface area contributed by atoms with E-state index in [9.17, 15) is 8.78 Å². The quantitative estimate of drug-likeness (QED) is 0.668. The normalized spacial score (nSPS) is 12.2. The van der Waals surface area contributed by atoms with Crippen LogP contribution in [0.3, 0.4) is 0 Å². The van der Waals surface area contributed by atoms with E-state index in [-0.39, 0.29) is 11.6 Å². The highest BCUT2D eigenvalue weighted by Gasteiger charge is 2.16. The monoisotopic (exact) mass is 278 g/mol. The molecule has 0 aliphatic carbocycles. The molecule has 3 nitrogen and oxygen atoms in total. The van der Waals surface area contributed by atoms with Crippen LogP contribution in [0.5, 0.6) is 5.75 Å². The topological polar surface area (TPSA) is 47.3 Å². The Kier molecular flexibility index (Phi) is 4.32. The fourth-order valence-corrected chi connectivity index (χ4v) is 2.03. The largest absolute Gasteiger partial charge is 0.494 e. The molecule has 20 heavy (non-hydrogen) atoms. The molecule has 3 N–H and O–H groups in total. The average molecular weight is 278 g/mol. The maximum atomic E-state index is 13.6. The summed E-state index contributed by atoms with van der Waals surface area (Å²) in [4.78, 5) is 0. The van der Waals surface area contributed by atoms with Gasteiger partial charge in [0.15, 0.2) is 11.6 Å². The smallest absolute Gasteiger partial charge is 0.165 e. The molecule has 0 radical (unpaired) electrons. The lowest BCUT2D eigenvalue weighted by atomic mass is 9.98. The number of halogens is 2. The summed E-state index contributed by atoms with van der Waals surface area (Å²) in [5, 5.41) is 0. The van der Waals surface area contributed by atoms with Crippen LogP contribution >= 0.6 is 0 Å². The van der Waals surface area contributed by atoms with Gasteiger partial charge in [0.2, 0.25) is 0 Å². The molecular formula is C15H16F2N2O. The Labute approximate surface area is 116 Å². The van der Waals surface area contributed by atoms with Crippen LogP contribution in [0.1, 0.15) is 22.7 Å². The predicted octanol–water partition coefficient (Wildman–Crippen LogP) is 2.83. The van der Waals surface area contributed by atoms with Gasteiger partial charge < -0.3 is 4.74 Å². The Morgan fingerprint density at radius 3 is 2.30 bits per heavy atom. The van der Waals surface area contributed by atoms with Crippen molar-refractivity contribution < 1.29 is 13.5 Å². The summed E-state index contributed by atoms with van der Waals surface area (Å²) < 4.78 is 32.0. The zero-order valence-corrected chi connectivity index (χ0v) is 11.3. The van der Waals surface area contributed by atoms with Gasteiger partial charge in [-0.25, -0.2) is 14.2 Å². The molecular weight excluding hydrogens is 262 g/mol. The van der Waals surface area contributed by atoms with E-state index in [1.54, 1.807) is 25.1 Å². The van der Waals surface area contributed by atoms with Gasteiger partial charge in [-0.05, 0) is 41.8 Å². The summed E-state index contributed by atoms with van der Waals surface area (Å²) in [6.07, 6.45) is 0. The van der Waals surface area contributed by atoms with Crippen molar-refractivity contribution in [2.24, 2.45) is 5.84 Å². The van der Waals surface area contributed by atoms with Crippen LogP contribution in [0, 0.1) is 18.6 Å². The third kappa shape index (κ3) is 2.79. The van der Waals surface area contributed by atoms with Crippen molar-refractivity contribution in [3.63, 3.8) is 0 Å². The highest BCUT2D eigenvalue weighted by atomic mass is 19.1. The Hall–Kier alpha value is -1.98. The van der Waals surface area contributed by atoms with E-state index in [0.717, 1.165) is 0 Å². The van der Waals surface area contributed by atoms with Crippen LogP contribution in [0.2, 0.25) is 0 Å². The third-order valence-corrected chi connectivity index (χ3v) is 3.20. The van der Waals surface area contributed by atoms with Crippen molar-refractivity contribution in [3.8, 4) is 5.75 Å². The SMILES string of the molecule is COc1cc(C(NN)c2ccc(C)c(F)c2)ccc1F. The average Bonchev–Trinajstić information content (AvgIpc) is 2.45. The van der Waals surface area contributed by atoms with E-state index in [1.807, 2.05) is 0 Å². The number of nitrogens with two attached hydrogens (primary N) is 1. The zero-order chi connectivity index (χ0) is 14.7. The lowest BCUT2D eigenvalue weighted by molar-refractivity contribution is 0.385.